The van der Waals surface area contributed by atoms with Gasteiger partial charge < -0.3 is 14.5 Å². The molecule has 1 aliphatic heterocycles. The summed E-state index contributed by atoms with van der Waals surface area (Å²) in [5, 5.41) is 3.12. The number of benzene rings is 1. The molecule has 29 heavy (non-hydrogen) atoms. The summed E-state index contributed by atoms with van der Waals surface area (Å²) < 4.78 is 5.10. The first kappa shape index (κ1) is 22.1. The second kappa shape index (κ2) is 9.94. The van der Waals surface area contributed by atoms with E-state index in [4.69, 9.17) is 27.9 Å². The molecule has 0 radical (unpaired) electrons. The van der Waals surface area contributed by atoms with Gasteiger partial charge in [-0.2, -0.15) is 0 Å². The number of hydrogen-bond donors (Lipinski definition) is 0. The van der Waals surface area contributed by atoms with E-state index in [2.05, 4.69) is 6.07 Å². The number of amides is 2. The van der Waals surface area contributed by atoms with E-state index in [0.29, 0.717) is 36.2 Å². The van der Waals surface area contributed by atoms with Crippen molar-refractivity contribution in [3.63, 3.8) is 0 Å². The minimum absolute atomic E-state index is 0.0250. The van der Waals surface area contributed by atoms with E-state index in [0.717, 1.165) is 17.5 Å². The average Bonchev–Trinajstić information content (AvgIpc) is 3.19. The predicted molar refractivity (Wildman–Crippen MR) is 117 cm³/mol. The Kier molecular flexibility index (Phi) is 7.57. The number of carbonyl (C=O) groups excluding carboxylic acids is 2. The third-order valence-electron chi connectivity index (χ3n) is 5.09. The van der Waals surface area contributed by atoms with Crippen molar-refractivity contribution in [3.05, 3.63) is 55.7 Å². The third kappa shape index (κ3) is 4.94. The number of fused-ring (bicyclic) bond motifs is 1. The first-order valence-electron chi connectivity index (χ1n) is 9.53. The molecule has 1 unspecified atom stereocenters. The lowest BCUT2D eigenvalue weighted by Crippen LogP contribution is -2.47. The Hall–Kier alpha value is -1.60. The zero-order valence-corrected chi connectivity index (χ0v) is 18.8. The highest BCUT2D eigenvalue weighted by molar-refractivity contribution is 7.10. The maximum Gasteiger partial charge on any atom is 0.242 e. The highest BCUT2D eigenvalue weighted by Gasteiger charge is 2.34. The summed E-state index contributed by atoms with van der Waals surface area (Å²) in [6, 6.07) is 7.13. The summed E-state index contributed by atoms with van der Waals surface area (Å²) in [6.07, 6.45) is 1.14. The van der Waals surface area contributed by atoms with Crippen molar-refractivity contribution in [2.75, 3.05) is 33.4 Å². The number of methoxy groups -OCH3 is 1. The fourth-order valence-electron chi connectivity index (χ4n) is 3.61. The largest absolute Gasteiger partial charge is 0.383 e. The maximum absolute atomic E-state index is 13.3. The zero-order valence-electron chi connectivity index (χ0n) is 16.5. The van der Waals surface area contributed by atoms with Crippen molar-refractivity contribution >= 4 is 46.4 Å². The lowest BCUT2D eigenvalue weighted by molar-refractivity contribution is -0.142. The number of ether oxygens (including phenoxy) is 1. The van der Waals surface area contributed by atoms with E-state index in [1.165, 1.54) is 4.88 Å². The van der Waals surface area contributed by atoms with E-state index >= 15 is 0 Å². The first-order valence-corrected chi connectivity index (χ1v) is 11.2. The van der Waals surface area contributed by atoms with E-state index in [1.54, 1.807) is 42.4 Å². The highest BCUT2D eigenvalue weighted by Crippen LogP contribution is 2.41. The normalized spacial score (nSPS) is 15.9. The highest BCUT2D eigenvalue weighted by atomic mass is 35.5. The van der Waals surface area contributed by atoms with Crippen LogP contribution in [0, 0.1) is 0 Å². The van der Waals surface area contributed by atoms with Gasteiger partial charge in [-0.05, 0) is 41.1 Å². The van der Waals surface area contributed by atoms with Gasteiger partial charge in [-0.25, -0.2) is 0 Å². The molecule has 0 saturated heterocycles. The van der Waals surface area contributed by atoms with Crippen LogP contribution in [0.2, 0.25) is 10.0 Å². The number of halogens is 2. The topological polar surface area (TPSA) is 49.9 Å². The van der Waals surface area contributed by atoms with Crippen LogP contribution >= 0.6 is 34.5 Å². The minimum atomic E-state index is -0.289. The molecule has 2 heterocycles. The van der Waals surface area contributed by atoms with Crippen LogP contribution in [0.5, 0.6) is 0 Å². The molecule has 0 fully saturated rings. The first-order chi connectivity index (χ1) is 14.0. The lowest BCUT2D eigenvalue weighted by Gasteiger charge is -2.38. The molecule has 8 heteroatoms. The zero-order chi connectivity index (χ0) is 21.0. The second-order valence-electron chi connectivity index (χ2n) is 6.87. The van der Waals surface area contributed by atoms with Gasteiger partial charge in [0.15, 0.2) is 0 Å². The number of thiophene rings is 1. The third-order valence-corrected chi connectivity index (χ3v) is 6.65. The molecule has 0 spiro atoms. The Bertz CT molecular complexity index is 887. The summed E-state index contributed by atoms with van der Waals surface area (Å²) >= 11 is 14.3. The van der Waals surface area contributed by atoms with Gasteiger partial charge in [0.25, 0.3) is 0 Å². The average molecular weight is 455 g/mol. The standard InChI is InChI=1S/C21H24Cl2N2O3S/c1-3-19(26)24(9-10-28-2)13-20(27)25-8-6-18-16(7-11-29-18)21(25)15-5-4-14(22)12-17(15)23/h4-5,7,11-12,21H,3,6,8-10,13H2,1-2H3. The van der Waals surface area contributed by atoms with Crippen LogP contribution in [-0.4, -0.2) is 55.0 Å². The lowest BCUT2D eigenvalue weighted by atomic mass is 9.93. The van der Waals surface area contributed by atoms with Gasteiger partial charge in [0, 0.05) is 41.5 Å². The van der Waals surface area contributed by atoms with Crippen LogP contribution in [0.25, 0.3) is 0 Å². The number of nitrogens with zero attached hydrogens (tertiary/aromatic N) is 2. The molecule has 5 nitrogen and oxygen atoms in total. The summed E-state index contributed by atoms with van der Waals surface area (Å²) in [6.45, 7) is 3.17. The van der Waals surface area contributed by atoms with Crippen molar-refractivity contribution in [1.82, 2.24) is 9.80 Å². The Balaban J connectivity index is 1.91. The molecule has 1 atom stereocenters. The molecule has 1 aliphatic rings. The molecule has 2 amide bonds. The van der Waals surface area contributed by atoms with Crippen LogP contribution in [0.4, 0.5) is 0 Å². The van der Waals surface area contributed by atoms with Gasteiger partial charge in [-0.1, -0.05) is 36.2 Å². The van der Waals surface area contributed by atoms with Crippen LogP contribution in [0.1, 0.15) is 35.4 Å². The van der Waals surface area contributed by atoms with Crippen molar-refractivity contribution in [2.45, 2.75) is 25.8 Å². The van der Waals surface area contributed by atoms with Crippen molar-refractivity contribution < 1.29 is 14.3 Å². The van der Waals surface area contributed by atoms with E-state index in [9.17, 15) is 9.59 Å². The van der Waals surface area contributed by atoms with Gasteiger partial charge in [0.2, 0.25) is 11.8 Å². The number of rotatable bonds is 7. The molecule has 2 aromatic rings. The fourth-order valence-corrected chi connectivity index (χ4v) is 5.03. The second-order valence-corrected chi connectivity index (χ2v) is 8.71. The molecule has 3 rings (SSSR count). The van der Waals surface area contributed by atoms with Crippen molar-refractivity contribution in [3.8, 4) is 0 Å². The summed E-state index contributed by atoms with van der Waals surface area (Å²) in [7, 11) is 1.58. The van der Waals surface area contributed by atoms with Crippen molar-refractivity contribution in [1.29, 1.82) is 0 Å². The van der Waals surface area contributed by atoms with Gasteiger partial charge >= 0.3 is 0 Å². The van der Waals surface area contributed by atoms with Crippen molar-refractivity contribution in [2.24, 2.45) is 0 Å². The Morgan fingerprint density at radius 3 is 2.76 bits per heavy atom. The number of carbonyl (C=O) groups is 2. The molecule has 0 aliphatic carbocycles. The van der Waals surface area contributed by atoms with E-state index < -0.39 is 0 Å². The van der Waals surface area contributed by atoms with Crippen LogP contribution in [-0.2, 0) is 20.7 Å². The summed E-state index contributed by atoms with van der Waals surface area (Å²) in [4.78, 5) is 30.3. The summed E-state index contributed by atoms with van der Waals surface area (Å²) in [5.41, 5.74) is 1.93. The van der Waals surface area contributed by atoms with Gasteiger partial charge in [0.1, 0.15) is 0 Å². The molecule has 0 saturated carbocycles. The predicted octanol–water partition coefficient (Wildman–Crippen LogP) is 4.41. The SMILES string of the molecule is CCC(=O)N(CCOC)CC(=O)N1CCc2sccc2C1c1ccc(Cl)cc1Cl. The minimum Gasteiger partial charge on any atom is -0.383 e. The van der Waals surface area contributed by atoms with E-state index in [1.807, 2.05) is 16.3 Å². The van der Waals surface area contributed by atoms with E-state index in [-0.39, 0.29) is 24.4 Å². The Morgan fingerprint density at radius 2 is 2.07 bits per heavy atom. The summed E-state index contributed by atoms with van der Waals surface area (Å²) in [5.74, 6) is -0.166. The quantitative estimate of drug-likeness (QED) is 0.622. The Morgan fingerprint density at radius 1 is 1.28 bits per heavy atom. The molecule has 0 bridgehead atoms. The molecule has 156 valence electrons. The molecular weight excluding hydrogens is 431 g/mol. The molecule has 1 aromatic heterocycles. The van der Waals surface area contributed by atoms with Gasteiger partial charge in [0.05, 0.1) is 19.2 Å². The maximum atomic E-state index is 13.3. The fraction of sp³-hybridized carbons (Fsp3) is 0.429. The monoisotopic (exact) mass is 454 g/mol. The van der Waals surface area contributed by atoms with Crippen LogP contribution in [0.3, 0.4) is 0 Å². The van der Waals surface area contributed by atoms with Crippen LogP contribution < -0.4 is 0 Å². The Labute approximate surface area is 185 Å². The smallest absolute Gasteiger partial charge is 0.242 e. The number of hydrogen-bond acceptors (Lipinski definition) is 4. The van der Waals surface area contributed by atoms with Gasteiger partial charge in [-0.3, -0.25) is 9.59 Å². The van der Waals surface area contributed by atoms with Gasteiger partial charge in [-0.15, -0.1) is 11.3 Å². The van der Waals surface area contributed by atoms with Crippen LogP contribution in [0.15, 0.2) is 29.6 Å². The molecular formula is C21H24Cl2N2O3S. The molecule has 0 N–H and O–H groups in total. The molecule has 1 aromatic carbocycles.